The lowest BCUT2D eigenvalue weighted by atomic mass is 9.78. The van der Waals surface area contributed by atoms with Gasteiger partial charge < -0.3 is 20.1 Å². The third kappa shape index (κ3) is 3.75. The van der Waals surface area contributed by atoms with Gasteiger partial charge >= 0.3 is 0 Å². The van der Waals surface area contributed by atoms with E-state index in [2.05, 4.69) is 10.6 Å². The summed E-state index contributed by atoms with van der Waals surface area (Å²) in [5.41, 5.74) is 2.31. The summed E-state index contributed by atoms with van der Waals surface area (Å²) < 4.78 is 12.1. The van der Waals surface area contributed by atoms with Crippen LogP contribution in [0.2, 0.25) is 5.02 Å². The Morgan fingerprint density at radius 1 is 1.18 bits per heavy atom. The van der Waals surface area contributed by atoms with Gasteiger partial charge in [-0.05, 0) is 86.2 Å². The Labute approximate surface area is 208 Å². The first-order chi connectivity index (χ1) is 16.3. The van der Waals surface area contributed by atoms with Crippen LogP contribution in [0.1, 0.15) is 24.1 Å². The van der Waals surface area contributed by atoms with E-state index >= 15 is 0 Å². The minimum atomic E-state index is -1.08. The zero-order valence-electron chi connectivity index (χ0n) is 19.0. The lowest BCUT2D eigenvalue weighted by Gasteiger charge is -2.56. The van der Waals surface area contributed by atoms with Gasteiger partial charge in [-0.25, -0.2) is 0 Å². The third-order valence-corrected chi connectivity index (χ3v) is 6.91. The number of carbonyl (C=O) groups is 1. The first-order valence-corrected chi connectivity index (χ1v) is 11.7. The minimum Gasteiger partial charge on any atom is -0.497 e. The predicted molar refractivity (Wildman–Crippen MR) is 138 cm³/mol. The van der Waals surface area contributed by atoms with Crippen LogP contribution < -0.4 is 25.0 Å². The molecule has 0 aliphatic carbocycles. The average Bonchev–Trinajstić information content (AvgIpc) is 2.80. The Morgan fingerprint density at radius 2 is 1.94 bits per heavy atom. The molecule has 0 spiro atoms. The van der Waals surface area contributed by atoms with E-state index in [-0.39, 0.29) is 5.91 Å². The molecule has 2 bridgehead atoms. The van der Waals surface area contributed by atoms with Crippen LogP contribution >= 0.6 is 23.8 Å². The van der Waals surface area contributed by atoms with Crippen LogP contribution in [0, 0.1) is 12.8 Å². The number of hydrogen-bond donors (Lipinski definition) is 2. The highest BCUT2D eigenvalue weighted by molar-refractivity contribution is 7.80. The number of halogens is 1. The van der Waals surface area contributed by atoms with Gasteiger partial charge in [-0.3, -0.25) is 9.69 Å². The molecule has 2 aliphatic rings. The van der Waals surface area contributed by atoms with Crippen molar-refractivity contribution in [3.63, 3.8) is 0 Å². The normalized spacial score (nSPS) is 22.8. The number of benzene rings is 3. The van der Waals surface area contributed by atoms with Crippen molar-refractivity contribution in [2.45, 2.75) is 25.6 Å². The lowest BCUT2D eigenvalue weighted by molar-refractivity contribution is -0.130. The molecule has 3 aromatic carbocycles. The van der Waals surface area contributed by atoms with Gasteiger partial charge in [0, 0.05) is 22.0 Å². The molecule has 2 aliphatic heterocycles. The number of anilines is 2. The van der Waals surface area contributed by atoms with Crippen LogP contribution in [-0.2, 0) is 4.79 Å². The zero-order valence-corrected chi connectivity index (χ0v) is 20.5. The smallest absolute Gasteiger partial charge is 0.236 e. The topological polar surface area (TPSA) is 62.8 Å². The quantitative estimate of drug-likeness (QED) is 0.471. The molecule has 0 unspecified atom stereocenters. The molecule has 2 N–H and O–H groups in total. The van der Waals surface area contributed by atoms with Gasteiger partial charge in [-0.2, -0.15) is 0 Å². The highest BCUT2D eigenvalue weighted by Gasteiger charge is 2.59. The van der Waals surface area contributed by atoms with E-state index in [4.69, 9.17) is 33.3 Å². The first kappa shape index (κ1) is 22.5. The lowest BCUT2D eigenvalue weighted by Crippen LogP contribution is -2.72. The minimum absolute atomic E-state index is 0.198. The Kier molecular flexibility index (Phi) is 5.62. The third-order valence-electron chi connectivity index (χ3n) is 6.36. The largest absolute Gasteiger partial charge is 0.497 e. The molecule has 0 aromatic heterocycles. The van der Waals surface area contributed by atoms with Crippen molar-refractivity contribution in [3.05, 3.63) is 82.9 Å². The van der Waals surface area contributed by atoms with Crippen molar-refractivity contribution < 1.29 is 14.3 Å². The second-order valence-corrected chi connectivity index (χ2v) is 9.46. The molecule has 1 saturated heterocycles. The number of ether oxygens (including phenoxy) is 2. The van der Waals surface area contributed by atoms with Crippen molar-refractivity contribution in [1.82, 2.24) is 5.32 Å². The molecule has 34 heavy (non-hydrogen) atoms. The molecule has 0 radical (unpaired) electrons. The summed E-state index contributed by atoms with van der Waals surface area (Å²) >= 11 is 11.8. The van der Waals surface area contributed by atoms with Crippen LogP contribution in [-0.4, -0.2) is 23.9 Å². The maximum absolute atomic E-state index is 13.8. The van der Waals surface area contributed by atoms with Gasteiger partial charge in [0.1, 0.15) is 17.4 Å². The van der Waals surface area contributed by atoms with Gasteiger partial charge in [0.25, 0.3) is 0 Å². The van der Waals surface area contributed by atoms with Crippen LogP contribution in [0.4, 0.5) is 11.4 Å². The number of amides is 1. The summed E-state index contributed by atoms with van der Waals surface area (Å²) in [6.45, 7) is 3.93. The molecule has 1 fully saturated rings. The SMILES string of the molecule is COc1ccc2c(c1)[C@H]1NC(=S)N(c3cccc(C)c3)[C@@](C)(O2)[C@@H]1C(=O)Nc1ccc(Cl)cc1. The summed E-state index contributed by atoms with van der Waals surface area (Å²) in [6, 6.07) is 20.2. The van der Waals surface area contributed by atoms with E-state index in [0.29, 0.717) is 27.3 Å². The fourth-order valence-electron chi connectivity index (χ4n) is 4.80. The van der Waals surface area contributed by atoms with Crippen LogP contribution in [0.5, 0.6) is 11.5 Å². The fraction of sp³-hybridized carbons (Fsp3) is 0.231. The van der Waals surface area contributed by atoms with E-state index in [1.54, 1.807) is 31.4 Å². The molecule has 2 heterocycles. The number of hydrogen-bond acceptors (Lipinski definition) is 4. The van der Waals surface area contributed by atoms with Gasteiger partial charge in [0.15, 0.2) is 10.8 Å². The number of fused-ring (bicyclic) bond motifs is 4. The Bertz CT molecular complexity index is 1280. The molecule has 3 aromatic rings. The Hall–Kier alpha value is -3.29. The van der Waals surface area contributed by atoms with E-state index < -0.39 is 17.7 Å². The molecular weight excluding hydrogens is 470 g/mol. The second-order valence-electron chi connectivity index (χ2n) is 8.64. The van der Waals surface area contributed by atoms with E-state index in [0.717, 1.165) is 16.8 Å². The van der Waals surface area contributed by atoms with Crippen LogP contribution in [0.25, 0.3) is 0 Å². The molecule has 174 valence electrons. The highest BCUT2D eigenvalue weighted by Crippen LogP contribution is 2.50. The number of aryl methyl sites for hydroxylation is 1. The Morgan fingerprint density at radius 3 is 2.65 bits per heavy atom. The highest BCUT2D eigenvalue weighted by atomic mass is 35.5. The summed E-state index contributed by atoms with van der Waals surface area (Å²) in [6.07, 6.45) is 0. The zero-order chi connectivity index (χ0) is 24.0. The van der Waals surface area contributed by atoms with Crippen molar-refractivity contribution in [3.8, 4) is 11.5 Å². The number of thiocarbonyl (C=S) groups is 1. The molecule has 0 saturated carbocycles. The van der Waals surface area contributed by atoms with Gasteiger partial charge in [0.2, 0.25) is 5.91 Å². The second kappa shape index (κ2) is 8.49. The summed E-state index contributed by atoms with van der Waals surface area (Å²) in [4.78, 5) is 15.7. The number of nitrogens with zero attached hydrogens (tertiary/aromatic N) is 1. The maximum atomic E-state index is 13.8. The Balaban J connectivity index is 1.63. The number of methoxy groups -OCH3 is 1. The molecule has 8 heteroatoms. The van der Waals surface area contributed by atoms with Crippen molar-refractivity contribution in [2.24, 2.45) is 5.92 Å². The first-order valence-electron chi connectivity index (χ1n) is 10.9. The summed E-state index contributed by atoms with van der Waals surface area (Å²) in [5.74, 6) is 0.513. The van der Waals surface area contributed by atoms with Gasteiger partial charge in [-0.1, -0.05) is 23.7 Å². The fourth-order valence-corrected chi connectivity index (χ4v) is 5.34. The van der Waals surface area contributed by atoms with E-state index in [1.165, 1.54) is 0 Å². The molecule has 3 atom stereocenters. The monoisotopic (exact) mass is 493 g/mol. The van der Waals surface area contributed by atoms with Gasteiger partial charge in [-0.15, -0.1) is 0 Å². The van der Waals surface area contributed by atoms with Crippen molar-refractivity contribution in [2.75, 3.05) is 17.3 Å². The van der Waals surface area contributed by atoms with E-state index in [9.17, 15) is 4.79 Å². The van der Waals surface area contributed by atoms with Crippen molar-refractivity contribution >= 4 is 46.2 Å². The molecular formula is C26H24ClN3O3S. The summed E-state index contributed by atoms with van der Waals surface area (Å²) in [5, 5.41) is 7.53. The van der Waals surface area contributed by atoms with Crippen molar-refractivity contribution in [1.29, 1.82) is 0 Å². The van der Waals surface area contributed by atoms with Crippen LogP contribution in [0.3, 0.4) is 0 Å². The average molecular weight is 494 g/mol. The predicted octanol–water partition coefficient (Wildman–Crippen LogP) is 5.46. The summed E-state index contributed by atoms with van der Waals surface area (Å²) in [7, 11) is 1.61. The molecule has 1 amide bonds. The van der Waals surface area contributed by atoms with Gasteiger partial charge in [0.05, 0.1) is 13.2 Å². The number of carbonyl (C=O) groups excluding carboxylic acids is 1. The number of rotatable bonds is 4. The number of nitrogens with one attached hydrogen (secondary N) is 2. The molecule has 5 rings (SSSR count). The maximum Gasteiger partial charge on any atom is 0.236 e. The van der Waals surface area contributed by atoms with E-state index in [1.807, 2.05) is 61.2 Å². The van der Waals surface area contributed by atoms with Crippen LogP contribution in [0.15, 0.2) is 66.7 Å². The molecule has 6 nitrogen and oxygen atoms in total. The standard InChI is InChI=1S/C26H24ClN3O3S/c1-15-5-4-6-18(13-15)30-25(34)29-23-20-14-19(32-3)11-12-21(20)33-26(30,2)22(23)24(31)28-17-9-7-16(27)8-10-17/h4-14,22-23H,1-3H3,(H,28,31)(H,29,34)/t22-,23+,26-/m0/s1.